The second-order valence-corrected chi connectivity index (χ2v) is 7.07. The Kier molecular flexibility index (Phi) is 5.75. The summed E-state index contributed by atoms with van der Waals surface area (Å²) in [5.41, 5.74) is 3.70. The van der Waals surface area contributed by atoms with Crippen molar-refractivity contribution >= 4 is 29.0 Å². The number of ether oxygens (including phenoxy) is 2. The number of benzene rings is 3. The molecule has 2 N–H and O–H groups in total. The number of fused-ring (bicyclic) bond motifs is 1. The summed E-state index contributed by atoms with van der Waals surface area (Å²) in [6.45, 7) is 0.615. The van der Waals surface area contributed by atoms with E-state index in [-0.39, 0.29) is 5.91 Å². The molecule has 0 bridgehead atoms. The molecule has 0 saturated carbocycles. The average molecular weight is 417 g/mol. The molecule has 158 valence electrons. The topological polar surface area (TPSA) is 79.9 Å². The number of carbonyl (C=O) groups excluding carboxylic acids is 2. The third kappa shape index (κ3) is 4.30. The van der Waals surface area contributed by atoms with Gasteiger partial charge in [0.05, 0.1) is 14.2 Å². The maximum atomic E-state index is 12.9. The minimum Gasteiger partial charge on any atom is -0.493 e. The average Bonchev–Trinajstić information content (AvgIpc) is 3.22. The second-order valence-electron chi connectivity index (χ2n) is 7.07. The molecule has 7 nitrogen and oxygen atoms in total. The van der Waals surface area contributed by atoms with Crippen LogP contribution < -0.4 is 25.0 Å². The van der Waals surface area contributed by atoms with Gasteiger partial charge in [-0.3, -0.25) is 4.79 Å². The Morgan fingerprint density at radius 1 is 0.839 bits per heavy atom. The molecule has 0 radical (unpaired) electrons. The minimum absolute atomic E-state index is 0.0497. The molecule has 3 aromatic carbocycles. The summed E-state index contributed by atoms with van der Waals surface area (Å²) in [5, 5.41) is 5.60. The maximum absolute atomic E-state index is 12.9. The first-order valence-electron chi connectivity index (χ1n) is 9.89. The van der Waals surface area contributed by atoms with Crippen LogP contribution in [0.2, 0.25) is 0 Å². The van der Waals surface area contributed by atoms with Gasteiger partial charge in [-0.1, -0.05) is 24.3 Å². The Bertz CT molecular complexity index is 1120. The molecule has 31 heavy (non-hydrogen) atoms. The zero-order valence-corrected chi connectivity index (χ0v) is 17.3. The smallest absolute Gasteiger partial charge is 0.323 e. The molecule has 0 fully saturated rings. The number of rotatable bonds is 5. The van der Waals surface area contributed by atoms with Crippen molar-refractivity contribution in [1.29, 1.82) is 0 Å². The monoisotopic (exact) mass is 417 g/mol. The van der Waals surface area contributed by atoms with E-state index in [0.29, 0.717) is 35.0 Å². The predicted octanol–water partition coefficient (Wildman–Crippen LogP) is 4.55. The van der Waals surface area contributed by atoms with Crippen molar-refractivity contribution in [2.75, 3.05) is 36.3 Å². The van der Waals surface area contributed by atoms with E-state index in [1.807, 2.05) is 36.4 Å². The highest BCUT2D eigenvalue weighted by atomic mass is 16.5. The van der Waals surface area contributed by atoms with Crippen LogP contribution in [0, 0.1) is 0 Å². The molecule has 0 aliphatic carbocycles. The number of anilines is 3. The van der Waals surface area contributed by atoms with Gasteiger partial charge in [0.15, 0.2) is 11.5 Å². The highest BCUT2D eigenvalue weighted by molar-refractivity contribution is 6.08. The fraction of sp³-hybridized carbons (Fsp3) is 0.167. The highest BCUT2D eigenvalue weighted by Gasteiger charge is 2.26. The molecule has 0 spiro atoms. The third-order valence-electron chi connectivity index (χ3n) is 5.15. The first kappa shape index (κ1) is 20.3. The van der Waals surface area contributed by atoms with Gasteiger partial charge in [-0.2, -0.15) is 0 Å². The quantitative estimate of drug-likeness (QED) is 0.638. The summed E-state index contributed by atoms with van der Waals surface area (Å²) in [6, 6.07) is 19.5. The van der Waals surface area contributed by atoms with Gasteiger partial charge in [0.25, 0.3) is 5.91 Å². The second kappa shape index (κ2) is 8.79. The van der Waals surface area contributed by atoms with Crippen molar-refractivity contribution in [1.82, 2.24) is 0 Å². The lowest BCUT2D eigenvalue weighted by molar-refractivity contribution is 0.0989. The number of methoxy groups -OCH3 is 2. The molecule has 0 atom stereocenters. The molecule has 0 saturated heterocycles. The molecule has 1 aliphatic rings. The van der Waals surface area contributed by atoms with E-state index < -0.39 is 6.03 Å². The Hall–Kier alpha value is -4.00. The number of hydrogen-bond donors (Lipinski definition) is 2. The SMILES string of the molecule is COc1ccc(NC(=O)Nc2ccc3c(c2)N(C(=O)c2ccccc2)CC3)cc1OC. The van der Waals surface area contributed by atoms with E-state index in [1.165, 1.54) is 7.11 Å². The van der Waals surface area contributed by atoms with Crippen molar-refractivity contribution in [2.24, 2.45) is 0 Å². The van der Waals surface area contributed by atoms with Crippen LogP contribution in [0.15, 0.2) is 66.7 Å². The molecule has 3 aromatic rings. The molecular formula is C24H23N3O4. The number of nitrogens with zero attached hydrogens (tertiary/aromatic N) is 1. The van der Waals surface area contributed by atoms with Gasteiger partial charge in [-0.05, 0) is 48.4 Å². The van der Waals surface area contributed by atoms with Crippen LogP contribution in [-0.2, 0) is 6.42 Å². The van der Waals surface area contributed by atoms with Crippen molar-refractivity contribution in [3.05, 3.63) is 77.9 Å². The van der Waals surface area contributed by atoms with E-state index in [1.54, 1.807) is 42.3 Å². The van der Waals surface area contributed by atoms with Gasteiger partial charge >= 0.3 is 6.03 Å². The number of hydrogen-bond acceptors (Lipinski definition) is 4. The molecule has 4 rings (SSSR count). The lowest BCUT2D eigenvalue weighted by atomic mass is 10.1. The highest BCUT2D eigenvalue weighted by Crippen LogP contribution is 2.33. The standard InChI is InChI=1S/C24H23N3O4/c1-30-21-11-10-19(15-22(21)31-2)26-24(29)25-18-9-8-16-12-13-27(20(16)14-18)23(28)17-6-4-3-5-7-17/h3-11,14-15H,12-13H2,1-2H3,(H2,25,26,29). The largest absolute Gasteiger partial charge is 0.493 e. The van der Waals surface area contributed by atoms with Gasteiger partial charge in [0, 0.05) is 35.2 Å². The van der Waals surface area contributed by atoms with Gasteiger partial charge in [-0.25, -0.2) is 4.79 Å². The van der Waals surface area contributed by atoms with Crippen molar-refractivity contribution in [2.45, 2.75) is 6.42 Å². The molecule has 3 amide bonds. The minimum atomic E-state index is -0.397. The summed E-state index contributed by atoms with van der Waals surface area (Å²) >= 11 is 0. The zero-order valence-electron chi connectivity index (χ0n) is 17.3. The molecule has 1 aliphatic heterocycles. The Morgan fingerprint density at radius 2 is 1.52 bits per heavy atom. The molecule has 0 unspecified atom stereocenters. The van der Waals surface area contributed by atoms with E-state index in [4.69, 9.17) is 9.47 Å². The van der Waals surface area contributed by atoms with E-state index in [2.05, 4.69) is 10.6 Å². The van der Waals surface area contributed by atoms with Crippen LogP contribution in [-0.4, -0.2) is 32.7 Å². The summed E-state index contributed by atoms with van der Waals surface area (Å²) < 4.78 is 10.5. The molecular weight excluding hydrogens is 394 g/mol. The Morgan fingerprint density at radius 3 is 2.23 bits per heavy atom. The summed E-state index contributed by atoms with van der Waals surface area (Å²) in [6.07, 6.45) is 0.784. The van der Waals surface area contributed by atoms with Crippen LogP contribution in [0.1, 0.15) is 15.9 Å². The lowest BCUT2D eigenvalue weighted by Crippen LogP contribution is -2.29. The van der Waals surface area contributed by atoms with E-state index in [0.717, 1.165) is 17.7 Å². The fourth-order valence-corrected chi connectivity index (χ4v) is 3.61. The summed E-state index contributed by atoms with van der Waals surface area (Å²) in [4.78, 5) is 27.2. The first-order chi connectivity index (χ1) is 15.1. The fourth-order valence-electron chi connectivity index (χ4n) is 3.61. The van der Waals surface area contributed by atoms with Crippen LogP contribution >= 0.6 is 0 Å². The number of amides is 3. The predicted molar refractivity (Wildman–Crippen MR) is 120 cm³/mol. The molecule has 0 aromatic heterocycles. The zero-order chi connectivity index (χ0) is 21.8. The summed E-state index contributed by atoms with van der Waals surface area (Å²) in [7, 11) is 3.09. The van der Waals surface area contributed by atoms with Crippen LogP contribution in [0.5, 0.6) is 11.5 Å². The Balaban J connectivity index is 1.48. The number of urea groups is 1. The van der Waals surface area contributed by atoms with Crippen LogP contribution in [0.4, 0.5) is 21.9 Å². The van der Waals surface area contributed by atoms with E-state index >= 15 is 0 Å². The van der Waals surface area contributed by atoms with Gasteiger partial charge in [-0.15, -0.1) is 0 Å². The van der Waals surface area contributed by atoms with Crippen LogP contribution in [0.25, 0.3) is 0 Å². The first-order valence-corrected chi connectivity index (χ1v) is 9.89. The van der Waals surface area contributed by atoms with Crippen LogP contribution in [0.3, 0.4) is 0 Å². The molecule has 7 heteroatoms. The van der Waals surface area contributed by atoms with Crippen molar-refractivity contribution in [3.8, 4) is 11.5 Å². The lowest BCUT2D eigenvalue weighted by Gasteiger charge is -2.18. The van der Waals surface area contributed by atoms with Gasteiger partial charge in [0.2, 0.25) is 0 Å². The van der Waals surface area contributed by atoms with Gasteiger partial charge < -0.3 is 25.0 Å². The normalized spacial score (nSPS) is 12.1. The number of carbonyl (C=O) groups is 2. The van der Waals surface area contributed by atoms with Crippen molar-refractivity contribution in [3.63, 3.8) is 0 Å². The third-order valence-corrected chi connectivity index (χ3v) is 5.15. The number of nitrogens with one attached hydrogen (secondary N) is 2. The van der Waals surface area contributed by atoms with Gasteiger partial charge in [0.1, 0.15) is 0 Å². The van der Waals surface area contributed by atoms with Crippen molar-refractivity contribution < 1.29 is 19.1 Å². The van der Waals surface area contributed by atoms with E-state index in [9.17, 15) is 9.59 Å². The Labute approximate surface area is 180 Å². The maximum Gasteiger partial charge on any atom is 0.323 e. The summed E-state index contributed by atoms with van der Waals surface area (Å²) in [5.74, 6) is 1.05. The molecule has 1 heterocycles.